The molecule has 0 saturated carbocycles. The van der Waals surface area contributed by atoms with Crippen molar-refractivity contribution >= 4 is 11.8 Å². The van der Waals surface area contributed by atoms with E-state index in [2.05, 4.69) is 5.32 Å². The standard InChI is InChI=1S/C13H24N2O3/c1-10(2)18-9-12(16)14-11(3)13(17)15-7-5-4-6-8-15/h10-11H,4-9H2,1-3H3,(H,14,16). The van der Waals surface area contributed by atoms with Gasteiger partial charge in [0.25, 0.3) is 0 Å². The SMILES string of the molecule is CC(C)OCC(=O)NC(C)C(=O)N1CCCCC1. The van der Waals surface area contributed by atoms with Gasteiger partial charge in [-0.15, -0.1) is 0 Å². The Balaban J connectivity index is 2.32. The van der Waals surface area contributed by atoms with Gasteiger partial charge in [-0.2, -0.15) is 0 Å². The van der Waals surface area contributed by atoms with Gasteiger partial charge in [-0.1, -0.05) is 0 Å². The number of carbonyl (C=O) groups excluding carboxylic acids is 2. The fourth-order valence-corrected chi connectivity index (χ4v) is 1.98. The monoisotopic (exact) mass is 256 g/mol. The van der Waals surface area contributed by atoms with Gasteiger partial charge in [0.2, 0.25) is 11.8 Å². The number of nitrogens with one attached hydrogen (secondary N) is 1. The summed E-state index contributed by atoms with van der Waals surface area (Å²) in [6.45, 7) is 7.09. The summed E-state index contributed by atoms with van der Waals surface area (Å²) in [4.78, 5) is 25.4. The molecule has 0 aliphatic carbocycles. The van der Waals surface area contributed by atoms with E-state index in [-0.39, 0.29) is 24.5 Å². The maximum Gasteiger partial charge on any atom is 0.246 e. The van der Waals surface area contributed by atoms with E-state index in [9.17, 15) is 9.59 Å². The van der Waals surface area contributed by atoms with Gasteiger partial charge < -0.3 is 15.0 Å². The fraction of sp³-hybridized carbons (Fsp3) is 0.846. The van der Waals surface area contributed by atoms with Crippen molar-refractivity contribution in [3.8, 4) is 0 Å². The highest BCUT2D eigenvalue weighted by Gasteiger charge is 2.23. The normalized spacial score (nSPS) is 17.7. The van der Waals surface area contributed by atoms with Gasteiger partial charge >= 0.3 is 0 Å². The maximum absolute atomic E-state index is 12.0. The van der Waals surface area contributed by atoms with Crippen LogP contribution >= 0.6 is 0 Å². The molecule has 1 aliphatic heterocycles. The summed E-state index contributed by atoms with van der Waals surface area (Å²) in [5.41, 5.74) is 0. The highest BCUT2D eigenvalue weighted by molar-refractivity contribution is 5.87. The first kappa shape index (κ1) is 15.0. The molecule has 5 heteroatoms. The summed E-state index contributed by atoms with van der Waals surface area (Å²) in [5.74, 6) is -0.228. The molecule has 0 aromatic rings. The van der Waals surface area contributed by atoms with Crippen LogP contribution in [0.5, 0.6) is 0 Å². The van der Waals surface area contributed by atoms with Gasteiger partial charge in [-0.25, -0.2) is 0 Å². The molecule has 1 heterocycles. The smallest absolute Gasteiger partial charge is 0.246 e. The minimum absolute atomic E-state index is 0.00703. The first-order chi connectivity index (χ1) is 8.50. The Bertz CT molecular complexity index is 286. The van der Waals surface area contributed by atoms with E-state index in [1.54, 1.807) is 6.92 Å². The van der Waals surface area contributed by atoms with Gasteiger partial charge in [0.05, 0.1) is 6.10 Å². The van der Waals surface area contributed by atoms with Crippen LogP contribution < -0.4 is 5.32 Å². The molecule has 18 heavy (non-hydrogen) atoms. The summed E-state index contributed by atoms with van der Waals surface area (Å²) in [7, 11) is 0. The van der Waals surface area contributed by atoms with Crippen molar-refractivity contribution in [1.29, 1.82) is 0 Å². The molecule has 1 atom stereocenters. The molecule has 104 valence electrons. The third-order valence-electron chi connectivity index (χ3n) is 2.96. The summed E-state index contributed by atoms with van der Waals surface area (Å²) < 4.78 is 5.19. The molecule has 1 saturated heterocycles. The van der Waals surface area contributed by atoms with Crippen LogP contribution in [0.25, 0.3) is 0 Å². The molecule has 0 radical (unpaired) electrons. The Morgan fingerprint density at radius 3 is 2.33 bits per heavy atom. The number of hydrogen-bond acceptors (Lipinski definition) is 3. The lowest BCUT2D eigenvalue weighted by molar-refractivity contribution is -0.138. The molecule has 0 bridgehead atoms. The van der Waals surface area contributed by atoms with Crippen molar-refractivity contribution in [2.24, 2.45) is 0 Å². The van der Waals surface area contributed by atoms with Crippen LogP contribution in [0.15, 0.2) is 0 Å². The Morgan fingerprint density at radius 1 is 1.17 bits per heavy atom. The topological polar surface area (TPSA) is 58.6 Å². The number of hydrogen-bond donors (Lipinski definition) is 1. The van der Waals surface area contributed by atoms with E-state index in [1.807, 2.05) is 18.7 Å². The predicted molar refractivity (Wildman–Crippen MR) is 69.1 cm³/mol. The number of nitrogens with zero attached hydrogens (tertiary/aromatic N) is 1. The first-order valence-electron chi connectivity index (χ1n) is 6.70. The lowest BCUT2D eigenvalue weighted by atomic mass is 10.1. The summed E-state index contributed by atoms with van der Waals surface area (Å²) in [6.07, 6.45) is 3.32. The average Bonchev–Trinajstić information content (AvgIpc) is 2.36. The zero-order valence-corrected chi connectivity index (χ0v) is 11.6. The summed E-state index contributed by atoms with van der Waals surface area (Å²) in [5, 5.41) is 2.68. The number of amides is 2. The highest BCUT2D eigenvalue weighted by atomic mass is 16.5. The highest BCUT2D eigenvalue weighted by Crippen LogP contribution is 2.09. The van der Waals surface area contributed by atoms with E-state index in [0.717, 1.165) is 25.9 Å². The third-order valence-corrected chi connectivity index (χ3v) is 2.96. The molecule has 0 aromatic carbocycles. The molecule has 0 aromatic heterocycles. The van der Waals surface area contributed by atoms with Crippen LogP contribution in [0.1, 0.15) is 40.0 Å². The van der Waals surface area contributed by atoms with Gasteiger partial charge in [0.15, 0.2) is 0 Å². The largest absolute Gasteiger partial charge is 0.369 e. The summed E-state index contributed by atoms with van der Waals surface area (Å²) in [6, 6.07) is -0.466. The van der Waals surface area contributed by atoms with Gasteiger partial charge in [0.1, 0.15) is 12.6 Å². The Kier molecular flexibility index (Phi) is 6.12. The van der Waals surface area contributed by atoms with Crippen molar-refractivity contribution < 1.29 is 14.3 Å². The van der Waals surface area contributed by atoms with E-state index < -0.39 is 6.04 Å². The van der Waals surface area contributed by atoms with E-state index in [0.29, 0.717) is 0 Å². The Hall–Kier alpha value is -1.10. The third kappa shape index (κ3) is 5.04. The van der Waals surface area contributed by atoms with Crippen LogP contribution in [-0.4, -0.2) is 48.6 Å². The van der Waals surface area contributed by atoms with Crippen LogP contribution in [0.3, 0.4) is 0 Å². The van der Waals surface area contributed by atoms with Crippen LogP contribution in [0.4, 0.5) is 0 Å². The second-order valence-electron chi connectivity index (χ2n) is 5.03. The van der Waals surface area contributed by atoms with Gasteiger partial charge in [-0.3, -0.25) is 9.59 Å². The molecule has 1 unspecified atom stereocenters. The minimum atomic E-state index is -0.466. The molecular formula is C13H24N2O3. The quantitative estimate of drug-likeness (QED) is 0.796. The van der Waals surface area contributed by atoms with Crippen molar-refractivity contribution in [2.75, 3.05) is 19.7 Å². The van der Waals surface area contributed by atoms with Crippen molar-refractivity contribution in [1.82, 2.24) is 10.2 Å². The summed E-state index contributed by atoms with van der Waals surface area (Å²) >= 11 is 0. The lowest BCUT2D eigenvalue weighted by Crippen LogP contribution is -2.49. The molecular weight excluding hydrogens is 232 g/mol. The van der Waals surface area contributed by atoms with Crippen molar-refractivity contribution in [2.45, 2.75) is 52.2 Å². The zero-order valence-electron chi connectivity index (χ0n) is 11.6. The fourth-order valence-electron chi connectivity index (χ4n) is 1.98. The van der Waals surface area contributed by atoms with Gasteiger partial charge in [0, 0.05) is 13.1 Å². The number of rotatable bonds is 5. The second-order valence-corrected chi connectivity index (χ2v) is 5.03. The first-order valence-corrected chi connectivity index (χ1v) is 6.70. The second kappa shape index (κ2) is 7.36. The van der Waals surface area contributed by atoms with Gasteiger partial charge in [-0.05, 0) is 40.0 Å². The van der Waals surface area contributed by atoms with E-state index >= 15 is 0 Å². The molecule has 2 amide bonds. The molecule has 1 N–H and O–H groups in total. The molecule has 1 rings (SSSR count). The minimum Gasteiger partial charge on any atom is -0.369 e. The molecule has 0 spiro atoms. The number of carbonyl (C=O) groups is 2. The number of ether oxygens (including phenoxy) is 1. The number of piperidine rings is 1. The Labute approximate surface area is 109 Å². The molecule has 5 nitrogen and oxygen atoms in total. The van der Waals surface area contributed by atoms with Crippen molar-refractivity contribution in [3.63, 3.8) is 0 Å². The molecule has 1 fully saturated rings. The number of likely N-dealkylation sites (tertiary alicyclic amines) is 1. The Morgan fingerprint density at radius 2 is 1.78 bits per heavy atom. The van der Waals surface area contributed by atoms with E-state index in [1.165, 1.54) is 6.42 Å². The van der Waals surface area contributed by atoms with Crippen LogP contribution in [-0.2, 0) is 14.3 Å². The zero-order chi connectivity index (χ0) is 13.5. The average molecular weight is 256 g/mol. The van der Waals surface area contributed by atoms with E-state index in [4.69, 9.17) is 4.74 Å². The lowest BCUT2D eigenvalue weighted by Gasteiger charge is -2.29. The van der Waals surface area contributed by atoms with Crippen LogP contribution in [0.2, 0.25) is 0 Å². The van der Waals surface area contributed by atoms with Crippen molar-refractivity contribution in [3.05, 3.63) is 0 Å². The maximum atomic E-state index is 12.0. The predicted octanol–water partition coefficient (Wildman–Crippen LogP) is 0.929. The van der Waals surface area contributed by atoms with Crippen LogP contribution in [0, 0.1) is 0 Å². The molecule has 1 aliphatic rings.